The fraction of sp³-hybridized carbons (Fsp3) is 0.364. The molecule has 0 fully saturated rings. The molecule has 2 aromatic carbocycles. The van der Waals surface area contributed by atoms with Crippen molar-refractivity contribution in [2.75, 3.05) is 4.90 Å². The van der Waals surface area contributed by atoms with Gasteiger partial charge in [0, 0.05) is 17.8 Å². The van der Waals surface area contributed by atoms with Crippen molar-refractivity contribution in [2.24, 2.45) is 0 Å². The van der Waals surface area contributed by atoms with Gasteiger partial charge in [-0.2, -0.15) is 0 Å². The Balaban J connectivity index is 2.45. The molecule has 1 nitrogen and oxygen atoms in total. The number of rotatable bonds is 5. The topological polar surface area (TPSA) is 3.24 Å². The lowest BCUT2D eigenvalue weighted by atomic mass is 9.93. The second-order valence-electron chi connectivity index (χ2n) is 7.27. The van der Waals surface area contributed by atoms with Gasteiger partial charge in [-0.25, -0.2) is 0 Å². The van der Waals surface area contributed by atoms with E-state index in [4.69, 9.17) is 0 Å². The summed E-state index contributed by atoms with van der Waals surface area (Å²) in [6, 6.07) is 17.4. The highest BCUT2D eigenvalue weighted by Crippen LogP contribution is 2.31. The Hall–Kier alpha value is -2.02. The van der Waals surface area contributed by atoms with E-state index in [-0.39, 0.29) is 5.54 Å². The summed E-state index contributed by atoms with van der Waals surface area (Å²) < 4.78 is 0. The first-order chi connectivity index (χ1) is 10.8. The number of aryl methyl sites for hydroxylation is 1. The summed E-state index contributed by atoms with van der Waals surface area (Å²) in [4.78, 5) is 2.50. The first-order valence-electron chi connectivity index (χ1n) is 8.38. The van der Waals surface area contributed by atoms with Crippen molar-refractivity contribution in [1.82, 2.24) is 0 Å². The molecule has 0 bridgehead atoms. The van der Waals surface area contributed by atoms with Crippen LogP contribution in [-0.2, 0) is 6.54 Å². The molecule has 1 unspecified atom stereocenters. The number of allylic oxidation sites excluding steroid dienone is 1. The molecule has 0 amide bonds. The summed E-state index contributed by atoms with van der Waals surface area (Å²) in [6.45, 7) is 16.1. The van der Waals surface area contributed by atoms with Gasteiger partial charge in [0.1, 0.15) is 0 Å². The fourth-order valence-corrected chi connectivity index (χ4v) is 2.97. The molecule has 0 radical (unpaired) electrons. The molecule has 1 heteroatoms. The summed E-state index contributed by atoms with van der Waals surface area (Å²) in [5.41, 5.74) is 5.41. The van der Waals surface area contributed by atoms with Crippen molar-refractivity contribution in [3.63, 3.8) is 0 Å². The second kappa shape index (κ2) is 7.04. The predicted octanol–water partition coefficient (Wildman–Crippen LogP) is 6.09. The summed E-state index contributed by atoms with van der Waals surface area (Å²) in [7, 11) is 0. The minimum Gasteiger partial charge on any atom is -0.362 e. The van der Waals surface area contributed by atoms with E-state index < -0.39 is 0 Å². The fourth-order valence-electron chi connectivity index (χ4n) is 2.97. The summed E-state index contributed by atoms with van der Waals surface area (Å²) in [6.07, 6.45) is 2.02. The molecule has 0 heterocycles. The quantitative estimate of drug-likeness (QED) is 0.604. The summed E-state index contributed by atoms with van der Waals surface area (Å²) in [5, 5.41) is 0. The maximum atomic E-state index is 3.96. The lowest BCUT2D eigenvalue weighted by Gasteiger charge is -2.39. The molecule has 2 rings (SSSR count). The van der Waals surface area contributed by atoms with Crippen LogP contribution >= 0.6 is 0 Å². The van der Waals surface area contributed by atoms with Gasteiger partial charge in [0.25, 0.3) is 0 Å². The molecule has 0 aliphatic rings. The SMILES string of the molecule is C=CC(C)c1ccccc1CN(c1ccccc1C)C(C)(C)C. The minimum atomic E-state index is 0.0522. The third-order valence-corrected chi connectivity index (χ3v) is 4.44. The Kier molecular flexibility index (Phi) is 5.30. The zero-order chi connectivity index (χ0) is 17.0. The number of benzene rings is 2. The molecule has 1 atom stereocenters. The second-order valence-corrected chi connectivity index (χ2v) is 7.27. The zero-order valence-electron chi connectivity index (χ0n) is 15.1. The molecule has 0 aliphatic carbocycles. The van der Waals surface area contributed by atoms with Crippen molar-refractivity contribution >= 4 is 5.69 Å². The van der Waals surface area contributed by atoms with Crippen molar-refractivity contribution in [1.29, 1.82) is 0 Å². The summed E-state index contributed by atoms with van der Waals surface area (Å²) >= 11 is 0. The van der Waals surface area contributed by atoms with Gasteiger partial charge in [0.05, 0.1) is 0 Å². The van der Waals surface area contributed by atoms with Crippen LogP contribution in [0, 0.1) is 6.92 Å². The molecule has 0 saturated carbocycles. The van der Waals surface area contributed by atoms with Crippen LogP contribution in [0.25, 0.3) is 0 Å². The highest BCUT2D eigenvalue weighted by Gasteiger charge is 2.24. The standard InChI is InChI=1S/C22H29N/c1-7-17(2)20-14-10-9-13-19(20)16-23(22(4,5)6)21-15-11-8-12-18(21)3/h7-15,17H,1,16H2,2-6H3. The lowest BCUT2D eigenvalue weighted by Crippen LogP contribution is -2.41. The van der Waals surface area contributed by atoms with Gasteiger partial charge in [-0.05, 0) is 56.4 Å². The van der Waals surface area contributed by atoms with Crippen LogP contribution < -0.4 is 4.90 Å². The zero-order valence-corrected chi connectivity index (χ0v) is 15.1. The van der Waals surface area contributed by atoms with Gasteiger partial charge < -0.3 is 4.90 Å². The van der Waals surface area contributed by atoms with Crippen LogP contribution in [0.1, 0.15) is 50.3 Å². The van der Waals surface area contributed by atoms with Crippen LogP contribution in [0.5, 0.6) is 0 Å². The van der Waals surface area contributed by atoms with Crippen molar-refractivity contribution in [3.05, 3.63) is 77.9 Å². The highest BCUT2D eigenvalue weighted by molar-refractivity contribution is 5.55. The molecule has 0 aliphatic heterocycles. The van der Waals surface area contributed by atoms with Crippen LogP contribution in [0.15, 0.2) is 61.2 Å². The Morgan fingerprint density at radius 2 is 1.65 bits per heavy atom. The van der Waals surface area contributed by atoms with E-state index in [0.717, 1.165) is 6.54 Å². The molecule has 23 heavy (non-hydrogen) atoms. The van der Waals surface area contributed by atoms with Crippen molar-refractivity contribution < 1.29 is 0 Å². The Bertz CT molecular complexity index is 664. The largest absolute Gasteiger partial charge is 0.362 e. The normalized spacial score (nSPS) is 12.7. The number of para-hydroxylation sites is 1. The Labute approximate surface area is 141 Å². The average molecular weight is 307 g/mol. The number of hydrogen-bond acceptors (Lipinski definition) is 1. The van der Waals surface area contributed by atoms with Gasteiger partial charge in [0.2, 0.25) is 0 Å². The van der Waals surface area contributed by atoms with E-state index in [9.17, 15) is 0 Å². The molecule has 0 N–H and O–H groups in total. The molecule has 0 spiro atoms. The van der Waals surface area contributed by atoms with Crippen molar-refractivity contribution in [2.45, 2.75) is 52.6 Å². The van der Waals surface area contributed by atoms with Gasteiger partial charge in [0.15, 0.2) is 0 Å². The van der Waals surface area contributed by atoms with Gasteiger partial charge in [-0.15, -0.1) is 6.58 Å². The van der Waals surface area contributed by atoms with Gasteiger partial charge in [-0.1, -0.05) is 55.5 Å². The molecule has 0 aromatic heterocycles. The summed E-state index contributed by atoms with van der Waals surface area (Å²) in [5.74, 6) is 0.366. The van der Waals surface area contributed by atoms with Crippen molar-refractivity contribution in [3.8, 4) is 0 Å². The third kappa shape index (κ3) is 4.04. The molecular weight excluding hydrogens is 278 g/mol. The van der Waals surface area contributed by atoms with Gasteiger partial charge >= 0.3 is 0 Å². The predicted molar refractivity (Wildman–Crippen MR) is 102 cm³/mol. The average Bonchev–Trinajstić information content (AvgIpc) is 2.52. The maximum Gasteiger partial charge on any atom is 0.0437 e. The Morgan fingerprint density at radius 1 is 1.04 bits per heavy atom. The van der Waals surface area contributed by atoms with E-state index in [1.807, 2.05) is 6.08 Å². The smallest absolute Gasteiger partial charge is 0.0437 e. The minimum absolute atomic E-state index is 0.0522. The van der Waals surface area contributed by atoms with E-state index in [2.05, 4.69) is 94.6 Å². The molecule has 0 saturated heterocycles. The maximum absolute atomic E-state index is 3.96. The van der Waals surface area contributed by atoms with E-state index in [1.54, 1.807) is 0 Å². The molecule has 122 valence electrons. The van der Waals surface area contributed by atoms with E-state index in [1.165, 1.54) is 22.4 Å². The Morgan fingerprint density at radius 3 is 2.26 bits per heavy atom. The highest BCUT2D eigenvalue weighted by atomic mass is 15.2. The molecular formula is C22H29N. The third-order valence-electron chi connectivity index (χ3n) is 4.44. The monoisotopic (exact) mass is 307 g/mol. The molecule has 2 aromatic rings. The van der Waals surface area contributed by atoms with E-state index in [0.29, 0.717) is 5.92 Å². The van der Waals surface area contributed by atoms with Crippen LogP contribution in [0.4, 0.5) is 5.69 Å². The van der Waals surface area contributed by atoms with Crippen LogP contribution in [0.3, 0.4) is 0 Å². The first kappa shape index (κ1) is 17.3. The lowest BCUT2D eigenvalue weighted by molar-refractivity contribution is 0.499. The number of anilines is 1. The first-order valence-corrected chi connectivity index (χ1v) is 8.38. The van der Waals surface area contributed by atoms with Crippen LogP contribution in [-0.4, -0.2) is 5.54 Å². The van der Waals surface area contributed by atoms with E-state index >= 15 is 0 Å². The number of nitrogens with zero attached hydrogens (tertiary/aromatic N) is 1. The van der Waals surface area contributed by atoms with Crippen LogP contribution in [0.2, 0.25) is 0 Å². The number of hydrogen-bond donors (Lipinski definition) is 0. The van der Waals surface area contributed by atoms with Gasteiger partial charge in [-0.3, -0.25) is 0 Å².